The molecule has 0 radical (unpaired) electrons. The molecule has 0 spiro atoms. The highest BCUT2D eigenvalue weighted by Gasteiger charge is 2.13. The zero-order valence-electron chi connectivity index (χ0n) is 11.5. The van der Waals surface area contributed by atoms with Gasteiger partial charge in [0, 0.05) is 30.6 Å². The molecular formula is C14H23NO2. The normalized spacial score (nSPS) is 11.2. The van der Waals surface area contributed by atoms with E-state index in [1.165, 1.54) is 0 Å². The Balaban J connectivity index is 2.50. The van der Waals surface area contributed by atoms with Crippen molar-refractivity contribution >= 4 is 5.78 Å². The van der Waals surface area contributed by atoms with Crippen LogP contribution in [0, 0.1) is 19.8 Å². The van der Waals surface area contributed by atoms with Gasteiger partial charge in [-0.3, -0.25) is 4.79 Å². The molecule has 1 heterocycles. The summed E-state index contributed by atoms with van der Waals surface area (Å²) in [5.74, 6) is 0.695. The van der Waals surface area contributed by atoms with Gasteiger partial charge in [-0.05, 0) is 32.3 Å². The van der Waals surface area contributed by atoms with Crippen molar-refractivity contribution in [3.63, 3.8) is 0 Å². The number of hydrogen-bond acceptors (Lipinski definition) is 2. The highest BCUT2D eigenvalue weighted by atomic mass is 16.5. The molecular weight excluding hydrogens is 214 g/mol. The van der Waals surface area contributed by atoms with Gasteiger partial charge in [0.2, 0.25) is 0 Å². The van der Waals surface area contributed by atoms with Gasteiger partial charge in [0.05, 0.1) is 0 Å². The summed E-state index contributed by atoms with van der Waals surface area (Å²) in [4.78, 5) is 11.9. The number of carbonyl (C=O) groups excluding carboxylic acids is 1. The van der Waals surface area contributed by atoms with Crippen LogP contribution in [0.5, 0.6) is 0 Å². The maximum atomic E-state index is 11.9. The van der Waals surface area contributed by atoms with Crippen LogP contribution in [0.2, 0.25) is 0 Å². The molecule has 96 valence electrons. The first-order chi connectivity index (χ1) is 7.93. The lowest BCUT2D eigenvalue weighted by Gasteiger charge is -2.06. The highest BCUT2D eigenvalue weighted by Crippen LogP contribution is 2.14. The van der Waals surface area contributed by atoms with Gasteiger partial charge in [-0.2, -0.15) is 0 Å². The van der Waals surface area contributed by atoms with Crippen molar-refractivity contribution in [1.82, 2.24) is 4.57 Å². The van der Waals surface area contributed by atoms with Crippen molar-refractivity contribution in [2.24, 2.45) is 13.0 Å². The van der Waals surface area contributed by atoms with Crippen LogP contribution in [0.3, 0.4) is 0 Å². The van der Waals surface area contributed by atoms with Crippen LogP contribution in [0.1, 0.15) is 42.0 Å². The standard InChI is InChI=1S/C14H23NO2/c1-10(2)6-7-17-9-14(16)13-8-11(3)15(5)12(13)4/h8,10H,6-7,9H2,1-5H3. The summed E-state index contributed by atoms with van der Waals surface area (Å²) in [6.07, 6.45) is 1.00. The molecule has 3 heteroatoms. The lowest BCUT2D eigenvalue weighted by Crippen LogP contribution is -2.11. The van der Waals surface area contributed by atoms with E-state index in [0.29, 0.717) is 12.5 Å². The van der Waals surface area contributed by atoms with Crippen LogP contribution in [0.25, 0.3) is 0 Å². The summed E-state index contributed by atoms with van der Waals surface area (Å²) in [5.41, 5.74) is 2.91. The molecule has 1 aromatic rings. The van der Waals surface area contributed by atoms with Crippen molar-refractivity contribution < 1.29 is 9.53 Å². The fraction of sp³-hybridized carbons (Fsp3) is 0.643. The number of aryl methyl sites for hydroxylation is 1. The Morgan fingerprint density at radius 3 is 2.53 bits per heavy atom. The summed E-state index contributed by atoms with van der Waals surface area (Å²) >= 11 is 0. The van der Waals surface area contributed by atoms with Crippen LogP contribution in [-0.2, 0) is 11.8 Å². The second-order valence-electron chi connectivity index (χ2n) is 5.00. The van der Waals surface area contributed by atoms with E-state index < -0.39 is 0 Å². The molecule has 0 aliphatic rings. The summed E-state index contributed by atoms with van der Waals surface area (Å²) in [6, 6.07) is 1.93. The minimum atomic E-state index is 0.0787. The average Bonchev–Trinajstić information content (AvgIpc) is 2.52. The summed E-state index contributed by atoms with van der Waals surface area (Å²) in [7, 11) is 1.97. The minimum absolute atomic E-state index is 0.0787. The molecule has 0 saturated carbocycles. The second kappa shape index (κ2) is 6.01. The maximum Gasteiger partial charge on any atom is 0.190 e. The monoisotopic (exact) mass is 237 g/mol. The zero-order chi connectivity index (χ0) is 13.0. The molecule has 3 nitrogen and oxygen atoms in total. The van der Waals surface area contributed by atoms with Gasteiger partial charge in [0.25, 0.3) is 0 Å². The number of ether oxygens (including phenoxy) is 1. The molecule has 1 rings (SSSR count). The molecule has 0 aliphatic carbocycles. The SMILES string of the molecule is Cc1cc(C(=O)COCCC(C)C)c(C)n1C. The quantitative estimate of drug-likeness (QED) is 0.562. The molecule has 0 aliphatic heterocycles. The number of aromatic nitrogens is 1. The van der Waals surface area contributed by atoms with Crippen LogP contribution >= 0.6 is 0 Å². The molecule has 0 bridgehead atoms. The largest absolute Gasteiger partial charge is 0.373 e. The number of Topliss-reactive ketones (excluding diaryl/α,β-unsaturated/α-hetero) is 1. The van der Waals surface area contributed by atoms with E-state index in [4.69, 9.17) is 4.74 Å². The van der Waals surface area contributed by atoms with Gasteiger partial charge in [0.1, 0.15) is 6.61 Å². The topological polar surface area (TPSA) is 31.2 Å². The highest BCUT2D eigenvalue weighted by molar-refractivity contribution is 5.98. The number of hydrogen-bond donors (Lipinski definition) is 0. The Kier molecular flexibility index (Phi) is 4.94. The lowest BCUT2D eigenvalue weighted by atomic mass is 10.1. The summed E-state index contributed by atoms with van der Waals surface area (Å²) in [5, 5.41) is 0. The molecule has 1 aromatic heterocycles. The second-order valence-corrected chi connectivity index (χ2v) is 5.00. The Labute approximate surface area is 104 Å². The number of ketones is 1. The third-order valence-electron chi connectivity index (χ3n) is 3.15. The van der Waals surface area contributed by atoms with Gasteiger partial charge < -0.3 is 9.30 Å². The van der Waals surface area contributed by atoms with Gasteiger partial charge in [-0.15, -0.1) is 0 Å². The first kappa shape index (κ1) is 14.0. The first-order valence-corrected chi connectivity index (χ1v) is 6.17. The van der Waals surface area contributed by atoms with Crippen molar-refractivity contribution in [2.75, 3.05) is 13.2 Å². The Morgan fingerprint density at radius 2 is 2.06 bits per heavy atom. The lowest BCUT2D eigenvalue weighted by molar-refractivity contribution is 0.0739. The van der Waals surface area contributed by atoms with E-state index >= 15 is 0 Å². The van der Waals surface area contributed by atoms with Crippen LogP contribution in [0.15, 0.2) is 6.07 Å². The third-order valence-corrected chi connectivity index (χ3v) is 3.15. The van der Waals surface area contributed by atoms with E-state index in [2.05, 4.69) is 13.8 Å². The van der Waals surface area contributed by atoms with E-state index in [1.807, 2.05) is 31.5 Å². The number of rotatable bonds is 6. The molecule has 0 fully saturated rings. The molecule has 0 N–H and O–H groups in total. The average molecular weight is 237 g/mol. The van der Waals surface area contributed by atoms with Crippen molar-refractivity contribution in [3.8, 4) is 0 Å². The predicted octanol–water partition coefficient (Wildman–Crippen LogP) is 2.89. The Hall–Kier alpha value is -1.09. The fourth-order valence-corrected chi connectivity index (χ4v) is 1.70. The minimum Gasteiger partial charge on any atom is -0.373 e. The van der Waals surface area contributed by atoms with E-state index in [-0.39, 0.29) is 12.4 Å². The van der Waals surface area contributed by atoms with Gasteiger partial charge in [0.15, 0.2) is 5.78 Å². The predicted molar refractivity (Wildman–Crippen MR) is 69.5 cm³/mol. The number of carbonyl (C=O) groups is 1. The van der Waals surface area contributed by atoms with E-state index in [1.54, 1.807) is 0 Å². The molecule has 0 amide bonds. The van der Waals surface area contributed by atoms with Gasteiger partial charge >= 0.3 is 0 Å². The fourth-order valence-electron chi connectivity index (χ4n) is 1.70. The number of nitrogens with zero attached hydrogens (tertiary/aromatic N) is 1. The van der Waals surface area contributed by atoms with Crippen LogP contribution < -0.4 is 0 Å². The van der Waals surface area contributed by atoms with Crippen molar-refractivity contribution in [2.45, 2.75) is 34.1 Å². The van der Waals surface area contributed by atoms with E-state index in [9.17, 15) is 4.79 Å². The summed E-state index contributed by atoms with van der Waals surface area (Å²) in [6.45, 7) is 9.12. The molecule has 0 aromatic carbocycles. The van der Waals surface area contributed by atoms with Crippen LogP contribution in [-0.4, -0.2) is 23.6 Å². The summed E-state index contributed by atoms with van der Waals surface area (Å²) < 4.78 is 7.44. The zero-order valence-corrected chi connectivity index (χ0v) is 11.5. The van der Waals surface area contributed by atoms with Crippen molar-refractivity contribution in [3.05, 3.63) is 23.0 Å². The Bertz CT molecular complexity index is 391. The van der Waals surface area contributed by atoms with Gasteiger partial charge in [-0.1, -0.05) is 13.8 Å². The van der Waals surface area contributed by atoms with Crippen molar-refractivity contribution in [1.29, 1.82) is 0 Å². The van der Waals surface area contributed by atoms with Crippen LogP contribution in [0.4, 0.5) is 0 Å². The molecule has 0 atom stereocenters. The molecule has 0 saturated heterocycles. The smallest absolute Gasteiger partial charge is 0.190 e. The van der Waals surface area contributed by atoms with Gasteiger partial charge in [-0.25, -0.2) is 0 Å². The third kappa shape index (κ3) is 3.70. The molecule has 17 heavy (non-hydrogen) atoms. The first-order valence-electron chi connectivity index (χ1n) is 6.17. The Morgan fingerprint density at radius 1 is 1.41 bits per heavy atom. The van der Waals surface area contributed by atoms with E-state index in [0.717, 1.165) is 23.4 Å². The molecule has 0 unspecified atom stereocenters. The maximum absolute atomic E-state index is 11.9.